The minimum absolute atomic E-state index is 0.217. The number of aryl methyl sites for hydroxylation is 2. The van der Waals surface area contributed by atoms with Crippen molar-refractivity contribution in [2.45, 2.75) is 20.0 Å². The maximum Gasteiger partial charge on any atom is 0.129 e. The molecule has 1 N–H and O–H groups in total. The summed E-state index contributed by atoms with van der Waals surface area (Å²) in [5.74, 6) is 0.521. The average molecular weight is 260 g/mol. The Bertz CT molecular complexity index is 553. The Morgan fingerprint density at radius 1 is 1.00 bits per heavy atom. The summed E-state index contributed by atoms with van der Waals surface area (Å²) in [7, 11) is 1.60. The summed E-state index contributed by atoms with van der Waals surface area (Å²) in [6.07, 6.45) is -0.760. The summed E-state index contributed by atoms with van der Waals surface area (Å²) < 4.78 is 18.7. The van der Waals surface area contributed by atoms with Crippen LogP contribution in [0.3, 0.4) is 0 Å². The van der Waals surface area contributed by atoms with E-state index in [0.717, 1.165) is 11.3 Å². The Morgan fingerprint density at radius 2 is 1.53 bits per heavy atom. The van der Waals surface area contributed by atoms with Gasteiger partial charge in [-0.1, -0.05) is 24.3 Å². The van der Waals surface area contributed by atoms with E-state index < -0.39 is 6.10 Å². The van der Waals surface area contributed by atoms with Gasteiger partial charge in [0, 0.05) is 0 Å². The van der Waals surface area contributed by atoms with Gasteiger partial charge in [0.1, 0.15) is 17.7 Å². The van der Waals surface area contributed by atoms with Crippen LogP contribution in [0.25, 0.3) is 0 Å². The molecule has 0 spiro atoms. The number of rotatable bonds is 3. The van der Waals surface area contributed by atoms with E-state index in [0.29, 0.717) is 16.7 Å². The first kappa shape index (κ1) is 13.6. The highest BCUT2D eigenvalue weighted by Crippen LogP contribution is 2.26. The number of hydrogen-bond acceptors (Lipinski definition) is 2. The zero-order chi connectivity index (χ0) is 14.0. The molecule has 2 aromatic carbocycles. The minimum atomic E-state index is -0.760. The van der Waals surface area contributed by atoms with Gasteiger partial charge in [-0.3, -0.25) is 0 Å². The predicted molar refractivity (Wildman–Crippen MR) is 72.9 cm³/mol. The first-order valence-electron chi connectivity index (χ1n) is 6.11. The van der Waals surface area contributed by atoms with Gasteiger partial charge in [-0.15, -0.1) is 0 Å². The van der Waals surface area contributed by atoms with E-state index >= 15 is 0 Å². The molecule has 100 valence electrons. The average Bonchev–Trinajstić information content (AvgIpc) is 2.43. The van der Waals surface area contributed by atoms with E-state index in [4.69, 9.17) is 4.74 Å². The van der Waals surface area contributed by atoms with Crippen LogP contribution in [0.4, 0.5) is 4.39 Å². The Kier molecular flexibility index (Phi) is 3.86. The fraction of sp³-hybridized carbons (Fsp3) is 0.250. The fourth-order valence-corrected chi connectivity index (χ4v) is 2.12. The van der Waals surface area contributed by atoms with Crippen LogP contribution in [0.15, 0.2) is 36.4 Å². The second-order valence-corrected chi connectivity index (χ2v) is 4.64. The molecule has 0 saturated carbocycles. The van der Waals surface area contributed by atoms with Gasteiger partial charge < -0.3 is 9.84 Å². The van der Waals surface area contributed by atoms with Crippen molar-refractivity contribution < 1.29 is 14.2 Å². The third kappa shape index (κ3) is 2.76. The summed E-state index contributed by atoms with van der Waals surface area (Å²) in [4.78, 5) is 0. The number of hydrogen-bond donors (Lipinski definition) is 1. The Morgan fingerprint density at radius 3 is 2.00 bits per heavy atom. The molecule has 2 nitrogen and oxygen atoms in total. The van der Waals surface area contributed by atoms with E-state index in [1.54, 1.807) is 57.4 Å². The Balaban J connectivity index is 2.35. The third-order valence-electron chi connectivity index (χ3n) is 3.21. The van der Waals surface area contributed by atoms with E-state index in [1.165, 1.54) is 0 Å². The molecule has 0 amide bonds. The van der Waals surface area contributed by atoms with E-state index in [-0.39, 0.29) is 5.82 Å². The number of benzene rings is 2. The first-order chi connectivity index (χ1) is 9.02. The normalized spacial score (nSPS) is 12.3. The van der Waals surface area contributed by atoms with Gasteiger partial charge in [0.2, 0.25) is 0 Å². The van der Waals surface area contributed by atoms with Crippen molar-refractivity contribution in [3.8, 4) is 5.75 Å². The predicted octanol–water partition coefficient (Wildman–Crippen LogP) is 3.53. The molecule has 3 heteroatoms. The molecule has 0 heterocycles. The second-order valence-electron chi connectivity index (χ2n) is 4.64. The van der Waals surface area contributed by atoms with Gasteiger partial charge in [0.25, 0.3) is 0 Å². The Hall–Kier alpha value is -1.87. The lowest BCUT2D eigenvalue weighted by Crippen LogP contribution is -2.02. The molecule has 0 aliphatic heterocycles. The lowest BCUT2D eigenvalue weighted by atomic mass is 9.97. The molecule has 0 bridgehead atoms. The molecular weight excluding hydrogens is 243 g/mol. The van der Waals surface area contributed by atoms with Crippen LogP contribution in [0.1, 0.15) is 28.4 Å². The maximum absolute atomic E-state index is 13.6. The van der Waals surface area contributed by atoms with Crippen molar-refractivity contribution >= 4 is 0 Å². The topological polar surface area (TPSA) is 29.5 Å². The lowest BCUT2D eigenvalue weighted by molar-refractivity contribution is 0.220. The summed E-state index contributed by atoms with van der Waals surface area (Å²) >= 11 is 0. The van der Waals surface area contributed by atoms with Crippen LogP contribution in [-0.4, -0.2) is 12.2 Å². The molecule has 0 aliphatic rings. The van der Waals surface area contributed by atoms with Crippen molar-refractivity contribution in [3.05, 3.63) is 64.5 Å². The van der Waals surface area contributed by atoms with Gasteiger partial charge in [0.05, 0.1) is 7.11 Å². The smallest absolute Gasteiger partial charge is 0.129 e. The van der Waals surface area contributed by atoms with E-state index in [1.807, 2.05) is 0 Å². The van der Waals surface area contributed by atoms with Crippen molar-refractivity contribution in [2.75, 3.05) is 7.11 Å². The SMILES string of the molecule is COc1ccc(C(O)c2cc(C)c(F)c(C)c2)cc1. The quantitative estimate of drug-likeness (QED) is 0.914. The highest BCUT2D eigenvalue weighted by Gasteiger charge is 2.13. The lowest BCUT2D eigenvalue weighted by Gasteiger charge is -2.14. The molecule has 0 saturated heterocycles. The van der Waals surface area contributed by atoms with Gasteiger partial charge in [0.15, 0.2) is 0 Å². The van der Waals surface area contributed by atoms with Crippen LogP contribution < -0.4 is 4.74 Å². The Labute approximate surface area is 112 Å². The highest BCUT2D eigenvalue weighted by molar-refractivity contribution is 5.38. The fourth-order valence-electron chi connectivity index (χ4n) is 2.12. The van der Waals surface area contributed by atoms with Crippen molar-refractivity contribution in [2.24, 2.45) is 0 Å². The van der Waals surface area contributed by atoms with Crippen molar-refractivity contribution in [3.63, 3.8) is 0 Å². The highest BCUT2D eigenvalue weighted by atomic mass is 19.1. The number of halogens is 1. The summed E-state index contributed by atoms with van der Waals surface area (Å²) in [5.41, 5.74) is 2.54. The maximum atomic E-state index is 13.6. The molecule has 2 rings (SSSR count). The van der Waals surface area contributed by atoms with Crippen LogP contribution in [0.2, 0.25) is 0 Å². The van der Waals surface area contributed by atoms with E-state index in [9.17, 15) is 9.50 Å². The number of aliphatic hydroxyl groups excluding tert-OH is 1. The molecule has 0 aliphatic carbocycles. The molecular formula is C16H17FO2. The molecule has 2 aromatic rings. The van der Waals surface area contributed by atoms with Crippen LogP contribution >= 0.6 is 0 Å². The summed E-state index contributed by atoms with van der Waals surface area (Å²) in [5, 5.41) is 10.3. The molecule has 0 fully saturated rings. The molecule has 1 atom stereocenters. The van der Waals surface area contributed by atoms with Gasteiger partial charge >= 0.3 is 0 Å². The van der Waals surface area contributed by atoms with Gasteiger partial charge in [-0.05, 0) is 48.2 Å². The molecule has 0 radical (unpaired) electrons. The number of aliphatic hydroxyl groups is 1. The second kappa shape index (κ2) is 5.41. The molecule has 19 heavy (non-hydrogen) atoms. The van der Waals surface area contributed by atoms with E-state index in [2.05, 4.69) is 0 Å². The summed E-state index contributed by atoms with van der Waals surface area (Å²) in [6.45, 7) is 3.40. The molecule has 0 aromatic heterocycles. The first-order valence-corrected chi connectivity index (χ1v) is 6.11. The number of methoxy groups -OCH3 is 1. The molecule has 1 unspecified atom stereocenters. The zero-order valence-electron chi connectivity index (χ0n) is 11.3. The summed E-state index contributed by atoms with van der Waals surface area (Å²) in [6, 6.07) is 10.5. The van der Waals surface area contributed by atoms with Crippen molar-refractivity contribution in [1.29, 1.82) is 0 Å². The van der Waals surface area contributed by atoms with Gasteiger partial charge in [-0.25, -0.2) is 4.39 Å². The minimum Gasteiger partial charge on any atom is -0.497 e. The largest absolute Gasteiger partial charge is 0.497 e. The van der Waals surface area contributed by atoms with Gasteiger partial charge in [-0.2, -0.15) is 0 Å². The number of ether oxygens (including phenoxy) is 1. The third-order valence-corrected chi connectivity index (χ3v) is 3.21. The van der Waals surface area contributed by atoms with Crippen LogP contribution in [0.5, 0.6) is 5.75 Å². The van der Waals surface area contributed by atoms with Crippen LogP contribution in [-0.2, 0) is 0 Å². The monoisotopic (exact) mass is 260 g/mol. The van der Waals surface area contributed by atoms with Crippen LogP contribution in [0, 0.1) is 19.7 Å². The zero-order valence-corrected chi connectivity index (χ0v) is 11.3. The standard InChI is InChI=1S/C16H17FO2/c1-10-8-13(9-11(2)15(10)17)16(18)12-4-6-14(19-3)7-5-12/h4-9,16,18H,1-3H3. The van der Waals surface area contributed by atoms with Crippen molar-refractivity contribution in [1.82, 2.24) is 0 Å².